The number of aromatic amines is 1. The standard InChI is InChI=1S/C14H12BrN3S/c1-2-9-7-10(15)3-4-12(9)18-13-5-6-16-8-11(13)17-14(18)19/h3-8H,2H2,1H3,(H,17,19). The first-order valence-corrected chi connectivity index (χ1v) is 7.24. The number of rotatable bonds is 2. The second-order valence-corrected chi connectivity index (χ2v) is 5.59. The zero-order chi connectivity index (χ0) is 13.4. The quantitative estimate of drug-likeness (QED) is 0.705. The zero-order valence-electron chi connectivity index (χ0n) is 10.4. The van der Waals surface area contributed by atoms with E-state index >= 15 is 0 Å². The van der Waals surface area contributed by atoms with E-state index in [0.29, 0.717) is 4.77 Å². The Kier molecular flexibility index (Phi) is 3.24. The third-order valence-corrected chi connectivity index (χ3v) is 3.92. The van der Waals surface area contributed by atoms with Gasteiger partial charge in [0.05, 0.1) is 22.9 Å². The van der Waals surface area contributed by atoms with E-state index < -0.39 is 0 Å². The molecule has 0 unspecified atom stereocenters. The molecule has 3 rings (SSSR count). The molecule has 5 heteroatoms. The first-order valence-electron chi connectivity index (χ1n) is 6.04. The number of H-pyrrole nitrogens is 1. The third-order valence-electron chi connectivity index (χ3n) is 3.15. The van der Waals surface area contributed by atoms with Crippen LogP contribution in [0, 0.1) is 4.77 Å². The fourth-order valence-electron chi connectivity index (χ4n) is 2.25. The van der Waals surface area contributed by atoms with Crippen molar-refractivity contribution in [3.63, 3.8) is 0 Å². The summed E-state index contributed by atoms with van der Waals surface area (Å²) in [6.45, 7) is 2.14. The van der Waals surface area contributed by atoms with Crippen LogP contribution in [0.1, 0.15) is 12.5 Å². The smallest absolute Gasteiger partial charge is 0.182 e. The van der Waals surface area contributed by atoms with E-state index in [1.807, 2.05) is 12.1 Å². The van der Waals surface area contributed by atoms with Gasteiger partial charge >= 0.3 is 0 Å². The average Bonchev–Trinajstić information content (AvgIpc) is 2.74. The second kappa shape index (κ2) is 4.90. The number of imidazole rings is 1. The fraction of sp³-hybridized carbons (Fsp3) is 0.143. The monoisotopic (exact) mass is 333 g/mol. The Morgan fingerprint density at radius 1 is 1.37 bits per heavy atom. The fourth-order valence-corrected chi connectivity index (χ4v) is 2.97. The Bertz CT molecular complexity index is 804. The summed E-state index contributed by atoms with van der Waals surface area (Å²) in [6.07, 6.45) is 4.53. The van der Waals surface area contributed by atoms with Gasteiger partial charge in [0.25, 0.3) is 0 Å². The van der Waals surface area contributed by atoms with E-state index in [1.54, 1.807) is 12.4 Å². The van der Waals surface area contributed by atoms with Crippen molar-refractivity contribution in [3.05, 3.63) is 51.5 Å². The molecule has 2 heterocycles. The minimum Gasteiger partial charge on any atom is -0.329 e. The molecule has 0 bridgehead atoms. The van der Waals surface area contributed by atoms with Crippen LogP contribution in [0.25, 0.3) is 16.7 Å². The number of aryl methyl sites for hydroxylation is 1. The molecule has 0 aliphatic rings. The van der Waals surface area contributed by atoms with Crippen molar-refractivity contribution in [3.8, 4) is 5.69 Å². The summed E-state index contributed by atoms with van der Waals surface area (Å²) in [5.41, 5.74) is 4.38. The molecule has 0 spiro atoms. The van der Waals surface area contributed by atoms with E-state index in [4.69, 9.17) is 12.2 Å². The lowest BCUT2D eigenvalue weighted by Gasteiger charge is -2.10. The van der Waals surface area contributed by atoms with Crippen molar-refractivity contribution >= 4 is 39.2 Å². The van der Waals surface area contributed by atoms with E-state index in [9.17, 15) is 0 Å². The lowest BCUT2D eigenvalue weighted by atomic mass is 10.1. The summed E-state index contributed by atoms with van der Waals surface area (Å²) in [7, 11) is 0. The second-order valence-electron chi connectivity index (χ2n) is 4.28. The molecule has 2 aromatic heterocycles. The van der Waals surface area contributed by atoms with Crippen molar-refractivity contribution in [2.24, 2.45) is 0 Å². The first-order chi connectivity index (χ1) is 9.20. The van der Waals surface area contributed by atoms with Crippen molar-refractivity contribution in [2.75, 3.05) is 0 Å². The van der Waals surface area contributed by atoms with Gasteiger partial charge in [0.15, 0.2) is 4.77 Å². The normalized spacial score (nSPS) is 11.1. The number of benzene rings is 1. The molecule has 1 aromatic carbocycles. The molecule has 19 heavy (non-hydrogen) atoms. The number of halogens is 1. The molecule has 0 aliphatic carbocycles. The van der Waals surface area contributed by atoms with Crippen molar-refractivity contribution in [1.82, 2.24) is 14.5 Å². The van der Waals surface area contributed by atoms with Gasteiger partial charge in [-0.1, -0.05) is 22.9 Å². The van der Waals surface area contributed by atoms with Crippen molar-refractivity contribution < 1.29 is 0 Å². The van der Waals surface area contributed by atoms with Gasteiger partial charge in [-0.25, -0.2) is 0 Å². The summed E-state index contributed by atoms with van der Waals surface area (Å²) < 4.78 is 3.85. The molecular weight excluding hydrogens is 322 g/mol. The highest BCUT2D eigenvalue weighted by atomic mass is 79.9. The van der Waals surface area contributed by atoms with Gasteiger partial charge in [-0.05, 0) is 48.5 Å². The number of nitrogens with zero attached hydrogens (tertiary/aromatic N) is 2. The van der Waals surface area contributed by atoms with E-state index in [2.05, 4.69) is 49.5 Å². The highest BCUT2D eigenvalue weighted by Crippen LogP contribution is 2.24. The highest BCUT2D eigenvalue weighted by molar-refractivity contribution is 9.10. The highest BCUT2D eigenvalue weighted by Gasteiger charge is 2.09. The minimum atomic E-state index is 0.694. The van der Waals surface area contributed by atoms with Crippen molar-refractivity contribution in [1.29, 1.82) is 0 Å². The Labute approximate surface area is 124 Å². The van der Waals surface area contributed by atoms with Gasteiger partial charge in [-0.3, -0.25) is 9.55 Å². The van der Waals surface area contributed by atoms with Crippen molar-refractivity contribution in [2.45, 2.75) is 13.3 Å². The van der Waals surface area contributed by atoms with E-state index in [1.165, 1.54) is 5.56 Å². The number of pyridine rings is 1. The molecule has 0 fully saturated rings. The zero-order valence-corrected chi connectivity index (χ0v) is 12.8. The maximum atomic E-state index is 5.44. The number of fused-ring (bicyclic) bond motifs is 1. The van der Waals surface area contributed by atoms with Crippen LogP contribution in [0.4, 0.5) is 0 Å². The van der Waals surface area contributed by atoms with Gasteiger partial charge < -0.3 is 4.98 Å². The molecule has 96 valence electrons. The summed E-state index contributed by atoms with van der Waals surface area (Å²) in [5, 5.41) is 0. The Morgan fingerprint density at radius 3 is 3.00 bits per heavy atom. The Hall–Kier alpha value is -1.46. The van der Waals surface area contributed by atoms with Gasteiger partial charge in [0.1, 0.15) is 0 Å². The molecule has 0 aliphatic heterocycles. The molecule has 3 nitrogen and oxygen atoms in total. The van der Waals surface area contributed by atoms with Gasteiger partial charge in [0.2, 0.25) is 0 Å². The predicted molar refractivity (Wildman–Crippen MR) is 83.3 cm³/mol. The van der Waals surface area contributed by atoms with Crippen LogP contribution >= 0.6 is 28.1 Å². The topological polar surface area (TPSA) is 33.6 Å². The molecule has 0 saturated carbocycles. The number of aromatic nitrogens is 3. The predicted octanol–water partition coefficient (Wildman–Crippen LogP) is 4.41. The number of hydrogen-bond acceptors (Lipinski definition) is 2. The molecule has 1 N–H and O–H groups in total. The molecule has 0 amide bonds. The molecule has 0 saturated heterocycles. The third kappa shape index (κ3) is 2.13. The van der Waals surface area contributed by atoms with Gasteiger partial charge in [-0.15, -0.1) is 0 Å². The number of hydrogen-bond donors (Lipinski definition) is 1. The molecule has 0 radical (unpaired) electrons. The van der Waals surface area contributed by atoms with Crippen LogP contribution in [0.5, 0.6) is 0 Å². The van der Waals surface area contributed by atoms with Crippen LogP contribution < -0.4 is 0 Å². The maximum Gasteiger partial charge on any atom is 0.182 e. The summed E-state index contributed by atoms with van der Waals surface area (Å²) in [5.74, 6) is 0. The SMILES string of the molecule is CCc1cc(Br)ccc1-n1c(=S)[nH]c2cnccc21. The first kappa shape index (κ1) is 12.6. The largest absolute Gasteiger partial charge is 0.329 e. The van der Waals surface area contributed by atoms with E-state index in [-0.39, 0.29) is 0 Å². The van der Waals surface area contributed by atoms with Crippen LogP contribution in [0.2, 0.25) is 0 Å². The average molecular weight is 334 g/mol. The Morgan fingerprint density at radius 2 is 2.21 bits per heavy atom. The summed E-state index contributed by atoms with van der Waals surface area (Å²) in [4.78, 5) is 7.31. The number of nitrogens with one attached hydrogen (secondary N) is 1. The lowest BCUT2D eigenvalue weighted by Crippen LogP contribution is -1.99. The van der Waals surface area contributed by atoms with E-state index in [0.717, 1.165) is 27.6 Å². The van der Waals surface area contributed by atoms with Crippen LogP contribution in [-0.4, -0.2) is 14.5 Å². The summed E-state index contributed by atoms with van der Waals surface area (Å²) >= 11 is 8.96. The molecule has 0 atom stereocenters. The van der Waals surface area contributed by atoms with Crippen LogP contribution in [-0.2, 0) is 6.42 Å². The molecule has 3 aromatic rings. The Balaban J connectivity index is 2.36. The van der Waals surface area contributed by atoms with Crippen LogP contribution in [0.3, 0.4) is 0 Å². The molecular formula is C14H12BrN3S. The maximum absolute atomic E-state index is 5.44. The lowest BCUT2D eigenvalue weighted by molar-refractivity contribution is 1.01. The van der Waals surface area contributed by atoms with Gasteiger partial charge in [-0.2, -0.15) is 0 Å². The minimum absolute atomic E-state index is 0.694. The summed E-state index contributed by atoms with van der Waals surface area (Å²) in [6, 6.07) is 8.24. The van der Waals surface area contributed by atoms with Crippen LogP contribution in [0.15, 0.2) is 41.1 Å². The van der Waals surface area contributed by atoms with Gasteiger partial charge in [0, 0.05) is 10.7 Å².